The highest BCUT2D eigenvalue weighted by Gasteiger charge is 2.33. The molecule has 0 radical (unpaired) electrons. The first-order valence-electron chi connectivity index (χ1n) is 5.72. The Balaban J connectivity index is 2.14. The predicted molar refractivity (Wildman–Crippen MR) is 73.3 cm³/mol. The first kappa shape index (κ1) is 15.1. The predicted octanol–water partition coefficient (Wildman–Crippen LogP) is 4.40. The molecule has 2 aromatic rings. The molecule has 0 saturated heterocycles. The Hall–Kier alpha value is -2.28. The van der Waals surface area contributed by atoms with E-state index in [1.165, 1.54) is 30.5 Å². The van der Waals surface area contributed by atoms with Gasteiger partial charge in [-0.05, 0) is 24.3 Å². The van der Waals surface area contributed by atoms with Gasteiger partial charge in [-0.25, -0.2) is 9.78 Å². The summed E-state index contributed by atoms with van der Waals surface area (Å²) >= 11 is 5.71. The summed E-state index contributed by atoms with van der Waals surface area (Å²) in [4.78, 5) is 15.5. The van der Waals surface area contributed by atoms with Crippen molar-refractivity contribution in [3.8, 4) is 0 Å². The number of aromatic nitrogens is 1. The van der Waals surface area contributed by atoms with Gasteiger partial charge in [0.05, 0.1) is 11.3 Å². The topological polar surface area (TPSA) is 54.0 Å². The van der Waals surface area contributed by atoms with Crippen LogP contribution in [0.1, 0.15) is 5.56 Å². The van der Waals surface area contributed by atoms with Crippen molar-refractivity contribution in [2.45, 2.75) is 6.18 Å². The molecule has 0 aliphatic carbocycles. The molecule has 1 aromatic heterocycles. The summed E-state index contributed by atoms with van der Waals surface area (Å²) in [6, 6.07) is 6.70. The Kier molecular flexibility index (Phi) is 4.32. The molecule has 8 heteroatoms. The SMILES string of the molecule is O=C(Nc1cc(Cl)ccn1)Nc1ccccc1C(F)(F)F. The number of nitrogens with zero attached hydrogens (tertiary/aromatic N) is 1. The fourth-order valence-corrected chi connectivity index (χ4v) is 1.74. The van der Waals surface area contributed by atoms with E-state index in [1.54, 1.807) is 0 Å². The molecular weight excluding hydrogens is 307 g/mol. The van der Waals surface area contributed by atoms with E-state index in [9.17, 15) is 18.0 Å². The van der Waals surface area contributed by atoms with Crippen molar-refractivity contribution >= 4 is 29.1 Å². The van der Waals surface area contributed by atoms with E-state index in [0.717, 1.165) is 12.1 Å². The summed E-state index contributed by atoms with van der Waals surface area (Å²) in [5.74, 6) is 0.129. The smallest absolute Gasteiger partial charge is 0.307 e. The number of carbonyl (C=O) groups is 1. The summed E-state index contributed by atoms with van der Waals surface area (Å²) < 4.78 is 38.3. The maximum Gasteiger partial charge on any atom is 0.418 e. The summed E-state index contributed by atoms with van der Waals surface area (Å²) in [6.07, 6.45) is -3.19. The minimum absolute atomic E-state index is 0.129. The van der Waals surface area contributed by atoms with Crippen molar-refractivity contribution in [1.82, 2.24) is 4.98 Å². The zero-order valence-electron chi connectivity index (χ0n) is 10.4. The normalized spacial score (nSPS) is 11.0. The van der Waals surface area contributed by atoms with Crippen molar-refractivity contribution < 1.29 is 18.0 Å². The van der Waals surface area contributed by atoms with Crippen molar-refractivity contribution in [2.24, 2.45) is 0 Å². The van der Waals surface area contributed by atoms with Crippen LogP contribution in [0.5, 0.6) is 0 Å². The third-order valence-corrected chi connectivity index (χ3v) is 2.68. The number of amides is 2. The molecule has 2 rings (SSSR count). The fourth-order valence-electron chi connectivity index (χ4n) is 1.58. The van der Waals surface area contributed by atoms with Crippen molar-refractivity contribution in [3.05, 3.63) is 53.2 Å². The lowest BCUT2D eigenvalue weighted by Gasteiger charge is -2.13. The molecule has 1 aromatic carbocycles. The lowest BCUT2D eigenvalue weighted by molar-refractivity contribution is -0.136. The minimum atomic E-state index is -4.56. The number of pyridine rings is 1. The maximum absolute atomic E-state index is 12.8. The molecule has 21 heavy (non-hydrogen) atoms. The standard InChI is InChI=1S/C13H9ClF3N3O/c14-8-5-6-18-11(7-8)20-12(21)19-10-4-2-1-3-9(10)13(15,16)17/h1-7H,(H2,18,19,20,21). The first-order valence-corrected chi connectivity index (χ1v) is 6.10. The second-order valence-electron chi connectivity index (χ2n) is 3.98. The summed E-state index contributed by atoms with van der Waals surface area (Å²) in [6.45, 7) is 0. The summed E-state index contributed by atoms with van der Waals surface area (Å²) in [5, 5.41) is 4.77. The van der Waals surface area contributed by atoms with Gasteiger partial charge in [0.1, 0.15) is 5.82 Å². The molecular formula is C13H9ClF3N3O. The Morgan fingerprint density at radius 2 is 1.86 bits per heavy atom. The molecule has 0 atom stereocenters. The highest BCUT2D eigenvalue weighted by molar-refractivity contribution is 6.30. The molecule has 0 fully saturated rings. The Labute approximate surface area is 122 Å². The quantitative estimate of drug-likeness (QED) is 0.863. The number of para-hydroxylation sites is 1. The van der Waals surface area contributed by atoms with Gasteiger partial charge in [0.25, 0.3) is 0 Å². The minimum Gasteiger partial charge on any atom is -0.307 e. The molecule has 0 aliphatic rings. The van der Waals surface area contributed by atoms with Gasteiger partial charge in [0.2, 0.25) is 0 Å². The Bertz CT molecular complexity index is 661. The largest absolute Gasteiger partial charge is 0.418 e. The van der Waals surface area contributed by atoms with Gasteiger partial charge < -0.3 is 5.32 Å². The zero-order chi connectivity index (χ0) is 15.5. The van der Waals surface area contributed by atoms with Crippen molar-refractivity contribution in [2.75, 3.05) is 10.6 Å². The first-order chi connectivity index (χ1) is 9.86. The monoisotopic (exact) mass is 315 g/mol. The Morgan fingerprint density at radius 3 is 2.52 bits per heavy atom. The van der Waals surface area contributed by atoms with Crippen LogP contribution in [-0.4, -0.2) is 11.0 Å². The second-order valence-corrected chi connectivity index (χ2v) is 4.42. The number of anilines is 2. The van der Waals surface area contributed by atoms with Crippen LogP contribution in [0.3, 0.4) is 0 Å². The molecule has 0 bridgehead atoms. The molecule has 2 amide bonds. The Morgan fingerprint density at radius 1 is 1.14 bits per heavy atom. The molecule has 0 saturated carbocycles. The van der Waals surface area contributed by atoms with E-state index in [2.05, 4.69) is 15.6 Å². The second kappa shape index (κ2) is 6.01. The van der Waals surface area contributed by atoms with E-state index >= 15 is 0 Å². The van der Waals surface area contributed by atoms with Gasteiger partial charge in [0, 0.05) is 11.2 Å². The number of urea groups is 1. The van der Waals surface area contributed by atoms with Crippen LogP contribution in [0.2, 0.25) is 5.02 Å². The summed E-state index contributed by atoms with van der Waals surface area (Å²) in [7, 11) is 0. The van der Waals surface area contributed by atoms with Crippen LogP contribution < -0.4 is 10.6 Å². The number of benzene rings is 1. The lowest BCUT2D eigenvalue weighted by atomic mass is 10.1. The number of carbonyl (C=O) groups excluding carboxylic acids is 1. The summed E-state index contributed by atoms with van der Waals surface area (Å²) in [5.41, 5.74) is -1.27. The van der Waals surface area contributed by atoms with Crippen LogP contribution in [0, 0.1) is 0 Å². The van der Waals surface area contributed by atoms with Gasteiger partial charge in [-0.2, -0.15) is 13.2 Å². The molecule has 4 nitrogen and oxygen atoms in total. The van der Waals surface area contributed by atoms with Crippen LogP contribution in [-0.2, 0) is 6.18 Å². The van der Waals surface area contributed by atoms with Gasteiger partial charge in [-0.3, -0.25) is 5.32 Å². The molecule has 110 valence electrons. The number of hydrogen-bond acceptors (Lipinski definition) is 2. The highest BCUT2D eigenvalue weighted by Crippen LogP contribution is 2.34. The van der Waals surface area contributed by atoms with Crippen LogP contribution >= 0.6 is 11.6 Å². The van der Waals surface area contributed by atoms with E-state index in [0.29, 0.717) is 5.02 Å². The molecule has 2 N–H and O–H groups in total. The van der Waals surface area contributed by atoms with E-state index in [-0.39, 0.29) is 11.5 Å². The number of halogens is 4. The van der Waals surface area contributed by atoms with Crippen molar-refractivity contribution in [1.29, 1.82) is 0 Å². The van der Waals surface area contributed by atoms with Gasteiger partial charge in [-0.15, -0.1) is 0 Å². The average molecular weight is 316 g/mol. The number of rotatable bonds is 2. The molecule has 0 aliphatic heterocycles. The van der Waals surface area contributed by atoms with Crippen molar-refractivity contribution in [3.63, 3.8) is 0 Å². The van der Waals surface area contributed by atoms with Crippen LogP contribution in [0.25, 0.3) is 0 Å². The fraction of sp³-hybridized carbons (Fsp3) is 0.0769. The number of alkyl halides is 3. The van der Waals surface area contributed by atoms with Gasteiger partial charge in [0.15, 0.2) is 0 Å². The lowest BCUT2D eigenvalue weighted by Crippen LogP contribution is -2.22. The van der Waals surface area contributed by atoms with E-state index in [4.69, 9.17) is 11.6 Å². The third-order valence-electron chi connectivity index (χ3n) is 2.44. The molecule has 0 spiro atoms. The molecule has 1 heterocycles. The van der Waals surface area contributed by atoms with Gasteiger partial charge >= 0.3 is 12.2 Å². The highest BCUT2D eigenvalue weighted by atomic mass is 35.5. The third kappa shape index (κ3) is 4.09. The van der Waals surface area contributed by atoms with Gasteiger partial charge in [-0.1, -0.05) is 23.7 Å². The van der Waals surface area contributed by atoms with Crippen LogP contribution in [0.15, 0.2) is 42.6 Å². The van der Waals surface area contributed by atoms with E-state index < -0.39 is 17.8 Å². The number of hydrogen-bond donors (Lipinski definition) is 2. The zero-order valence-corrected chi connectivity index (χ0v) is 11.2. The number of nitrogens with one attached hydrogen (secondary N) is 2. The average Bonchev–Trinajstić information content (AvgIpc) is 2.37. The maximum atomic E-state index is 12.8. The van der Waals surface area contributed by atoms with Crippen LogP contribution in [0.4, 0.5) is 29.5 Å². The van der Waals surface area contributed by atoms with E-state index in [1.807, 2.05) is 0 Å². The molecule has 0 unspecified atom stereocenters.